The van der Waals surface area contributed by atoms with Crippen molar-refractivity contribution in [2.24, 2.45) is 5.10 Å². The van der Waals surface area contributed by atoms with Crippen LogP contribution in [0.3, 0.4) is 0 Å². The molecule has 0 spiro atoms. The maximum absolute atomic E-state index is 12.4. The van der Waals surface area contributed by atoms with Crippen LogP contribution in [0.2, 0.25) is 0 Å². The summed E-state index contributed by atoms with van der Waals surface area (Å²) in [7, 11) is 4.57. The molecule has 0 fully saturated rings. The first kappa shape index (κ1) is 21.7. The normalized spacial score (nSPS) is 10.7. The molecular formula is C22H24N4O5. The van der Waals surface area contributed by atoms with Crippen LogP contribution in [0.15, 0.2) is 47.6 Å². The molecule has 3 rings (SSSR count). The molecule has 1 heterocycles. The van der Waals surface area contributed by atoms with Gasteiger partial charge in [-0.3, -0.25) is 9.89 Å². The predicted molar refractivity (Wildman–Crippen MR) is 116 cm³/mol. The van der Waals surface area contributed by atoms with Gasteiger partial charge in [0.05, 0.1) is 39.8 Å². The van der Waals surface area contributed by atoms with Gasteiger partial charge in [-0.05, 0) is 49.4 Å². The molecule has 0 unspecified atom stereocenters. The van der Waals surface area contributed by atoms with Crippen LogP contribution >= 0.6 is 0 Å². The molecule has 0 saturated heterocycles. The molecule has 0 aliphatic heterocycles. The van der Waals surface area contributed by atoms with Gasteiger partial charge < -0.3 is 18.9 Å². The molecule has 0 atom stereocenters. The topological polar surface area (TPSA) is 107 Å². The lowest BCUT2D eigenvalue weighted by atomic mass is 10.1. The van der Waals surface area contributed by atoms with Crippen LogP contribution in [0.5, 0.6) is 23.0 Å². The first-order chi connectivity index (χ1) is 15.1. The summed E-state index contributed by atoms with van der Waals surface area (Å²) in [5.41, 5.74) is 4.85. The highest BCUT2D eigenvalue weighted by atomic mass is 16.5. The van der Waals surface area contributed by atoms with E-state index in [1.165, 1.54) is 27.5 Å². The number of aromatic nitrogens is 2. The number of benzene rings is 2. The molecule has 31 heavy (non-hydrogen) atoms. The number of H-pyrrole nitrogens is 1. The van der Waals surface area contributed by atoms with Crippen molar-refractivity contribution < 1.29 is 23.7 Å². The van der Waals surface area contributed by atoms with Crippen LogP contribution < -0.4 is 24.4 Å². The molecule has 9 nitrogen and oxygen atoms in total. The number of carbonyl (C=O) groups excluding carboxylic acids is 1. The van der Waals surface area contributed by atoms with Crippen molar-refractivity contribution in [2.45, 2.75) is 6.92 Å². The summed E-state index contributed by atoms with van der Waals surface area (Å²) in [6.07, 6.45) is 1.46. The van der Waals surface area contributed by atoms with E-state index in [1.54, 1.807) is 18.2 Å². The molecule has 0 saturated carbocycles. The van der Waals surface area contributed by atoms with E-state index in [9.17, 15) is 4.79 Å². The number of methoxy groups -OCH3 is 3. The molecule has 1 aromatic heterocycles. The number of aromatic amines is 1. The van der Waals surface area contributed by atoms with Gasteiger partial charge in [0.25, 0.3) is 5.91 Å². The zero-order valence-corrected chi connectivity index (χ0v) is 17.8. The average molecular weight is 424 g/mol. The first-order valence-electron chi connectivity index (χ1n) is 9.52. The second kappa shape index (κ2) is 10.1. The highest BCUT2D eigenvalue weighted by Gasteiger charge is 2.15. The Kier molecular flexibility index (Phi) is 7.10. The molecule has 0 bridgehead atoms. The van der Waals surface area contributed by atoms with Crippen LogP contribution in [-0.4, -0.2) is 50.3 Å². The fourth-order valence-corrected chi connectivity index (χ4v) is 2.92. The van der Waals surface area contributed by atoms with Gasteiger partial charge in [0, 0.05) is 11.1 Å². The highest BCUT2D eigenvalue weighted by Crippen LogP contribution is 2.38. The fourth-order valence-electron chi connectivity index (χ4n) is 2.92. The van der Waals surface area contributed by atoms with Gasteiger partial charge in [0.1, 0.15) is 11.4 Å². The highest BCUT2D eigenvalue weighted by molar-refractivity contribution is 5.94. The van der Waals surface area contributed by atoms with E-state index >= 15 is 0 Å². The van der Waals surface area contributed by atoms with Gasteiger partial charge in [0.2, 0.25) is 5.75 Å². The standard InChI is InChI=1S/C22H24N4O5/c1-5-31-16-9-6-14(7-10-16)17-12-18(25-24-17)22(27)26-23-13-15-8-11-19(28-2)21(30-4)20(15)29-3/h6-13H,5H2,1-4H3,(H,24,25)(H,26,27)/b23-13+. The van der Waals surface area contributed by atoms with Crippen molar-refractivity contribution in [3.8, 4) is 34.3 Å². The van der Waals surface area contributed by atoms with Crippen molar-refractivity contribution in [2.75, 3.05) is 27.9 Å². The zero-order chi connectivity index (χ0) is 22.2. The summed E-state index contributed by atoms with van der Waals surface area (Å²) in [5, 5.41) is 10.9. The third-order valence-corrected chi connectivity index (χ3v) is 4.39. The Labute approximate surface area is 180 Å². The molecule has 0 radical (unpaired) electrons. The van der Waals surface area contributed by atoms with E-state index in [1.807, 2.05) is 31.2 Å². The quantitative estimate of drug-likeness (QED) is 0.403. The van der Waals surface area contributed by atoms with E-state index in [0.29, 0.717) is 35.1 Å². The fraction of sp³-hybridized carbons (Fsp3) is 0.227. The third-order valence-electron chi connectivity index (χ3n) is 4.39. The number of carbonyl (C=O) groups is 1. The van der Waals surface area contributed by atoms with Crippen molar-refractivity contribution in [1.82, 2.24) is 15.6 Å². The monoisotopic (exact) mass is 424 g/mol. The maximum Gasteiger partial charge on any atom is 0.289 e. The van der Waals surface area contributed by atoms with Gasteiger partial charge in [-0.15, -0.1) is 0 Å². The minimum atomic E-state index is -0.430. The molecule has 0 aliphatic rings. The average Bonchev–Trinajstić information content (AvgIpc) is 3.29. The first-order valence-corrected chi connectivity index (χ1v) is 9.52. The van der Waals surface area contributed by atoms with E-state index in [4.69, 9.17) is 18.9 Å². The molecule has 3 aromatic rings. The number of nitrogens with one attached hydrogen (secondary N) is 2. The summed E-state index contributed by atoms with van der Waals surface area (Å²) in [6, 6.07) is 12.6. The Bertz CT molecular complexity index is 1060. The molecular weight excluding hydrogens is 400 g/mol. The van der Waals surface area contributed by atoms with Crippen LogP contribution in [0.1, 0.15) is 23.0 Å². The summed E-state index contributed by atoms with van der Waals surface area (Å²) < 4.78 is 21.4. The lowest BCUT2D eigenvalue weighted by Gasteiger charge is -2.13. The Hall–Kier alpha value is -4.01. The molecule has 2 N–H and O–H groups in total. The van der Waals surface area contributed by atoms with Crippen molar-refractivity contribution in [3.63, 3.8) is 0 Å². The number of hydrogen-bond donors (Lipinski definition) is 2. The molecule has 9 heteroatoms. The number of ether oxygens (including phenoxy) is 4. The van der Waals surface area contributed by atoms with Crippen LogP contribution in [-0.2, 0) is 0 Å². The summed E-state index contributed by atoms with van der Waals surface area (Å²) in [4.78, 5) is 12.4. The SMILES string of the molecule is CCOc1ccc(-c2cc(C(=O)N/N=C/c3ccc(OC)c(OC)c3OC)[nH]n2)cc1. The number of amides is 1. The van der Waals surface area contributed by atoms with Gasteiger partial charge in [-0.1, -0.05) is 0 Å². The lowest BCUT2D eigenvalue weighted by Crippen LogP contribution is -2.18. The summed E-state index contributed by atoms with van der Waals surface area (Å²) in [6.45, 7) is 2.53. The molecule has 2 aromatic carbocycles. The number of nitrogens with zero attached hydrogens (tertiary/aromatic N) is 2. The van der Waals surface area contributed by atoms with E-state index in [-0.39, 0.29) is 5.69 Å². The van der Waals surface area contributed by atoms with Crippen molar-refractivity contribution in [3.05, 3.63) is 53.7 Å². The van der Waals surface area contributed by atoms with Crippen molar-refractivity contribution >= 4 is 12.1 Å². The van der Waals surface area contributed by atoms with Gasteiger partial charge >= 0.3 is 0 Å². The maximum atomic E-state index is 12.4. The minimum Gasteiger partial charge on any atom is -0.494 e. The van der Waals surface area contributed by atoms with Crippen LogP contribution in [0.25, 0.3) is 11.3 Å². The second-order valence-electron chi connectivity index (χ2n) is 6.25. The minimum absolute atomic E-state index is 0.278. The van der Waals surface area contributed by atoms with E-state index in [0.717, 1.165) is 11.3 Å². The van der Waals surface area contributed by atoms with Gasteiger partial charge in [-0.25, -0.2) is 5.43 Å². The van der Waals surface area contributed by atoms with E-state index < -0.39 is 5.91 Å². The van der Waals surface area contributed by atoms with Crippen molar-refractivity contribution in [1.29, 1.82) is 0 Å². The number of hydrogen-bond acceptors (Lipinski definition) is 7. The third kappa shape index (κ3) is 4.95. The zero-order valence-electron chi connectivity index (χ0n) is 17.8. The van der Waals surface area contributed by atoms with E-state index in [2.05, 4.69) is 20.7 Å². The number of hydrazone groups is 1. The molecule has 1 amide bonds. The molecule has 0 aliphatic carbocycles. The Morgan fingerprint density at radius 3 is 2.45 bits per heavy atom. The smallest absolute Gasteiger partial charge is 0.289 e. The second-order valence-corrected chi connectivity index (χ2v) is 6.25. The predicted octanol–water partition coefficient (Wildman–Crippen LogP) is 3.27. The Morgan fingerprint density at radius 2 is 1.81 bits per heavy atom. The molecule has 162 valence electrons. The Morgan fingerprint density at radius 1 is 1.06 bits per heavy atom. The largest absolute Gasteiger partial charge is 0.494 e. The number of rotatable bonds is 9. The lowest BCUT2D eigenvalue weighted by molar-refractivity contribution is 0.0950. The Balaban J connectivity index is 1.70. The van der Waals surface area contributed by atoms with Crippen LogP contribution in [0.4, 0.5) is 0 Å². The van der Waals surface area contributed by atoms with Gasteiger partial charge in [-0.2, -0.15) is 10.2 Å². The van der Waals surface area contributed by atoms with Gasteiger partial charge in [0.15, 0.2) is 11.5 Å². The summed E-state index contributed by atoms with van der Waals surface area (Å²) in [5.74, 6) is 1.76. The summed E-state index contributed by atoms with van der Waals surface area (Å²) >= 11 is 0. The van der Waals surface area contributed by atoms with Crippen LogP contribution in [0, 0.1) is 0 Å².